The number of carbonyl (C=O) groups excluding carboxylic acids is 1. The van der Waals surface area contributed by atoms with Gasteiger partial charge >= 0.3 is 6.09 Å². The number of ether oxygens (including phenoxy) is 2. The number of carbonyl (C=O) groups is 1. The van der Waals surface area contributed by atoms with Crippen molar-refractivity contribution >= 4 is 17.7 Å². The molecule has 1 unspecified atom stereocenters. The van der Waals surface area contributed by atoms with E-state index in [2.05, 4.69) is 27.4 Å². The molecule has 2 atom stereocenters. The quantitative estimate of drug-likeness (QED) is 0.852. The monoisotopic (exact) mass is 397 g/mol. The van der Waals surface area contributed by atoms with Crippen LogP contribution in [-0.2, 0) is 16.0 Å². The van der Waals surface area contributed by atoms with Crippen molar-refractivity contribution in [1.29, 1.82) is 0 Å². The van der Waals surface area contributed by atoms with Crippen LogP contribution in [0.5, 0.6) is 0 Å². The lowest BCUT2D eigenvalue weighted by atomic mass is 10.1. The van der Waals surface area contributed by atoms with Gasteiger partial charge in [0.25, 0.3) is 0 Å². The van der Waals surface area contributed by atoms with Gasteiger partial charge in [0.05, 0.1) is 18.2 Å². The first kappa shape index (κ1) is 19.4. The molecule has 8 heteroatoms. The summed E-state index contributed by atoms with van der Waals surface area (Å²) in [4.78, 5) is 25.6. The van der Waals surface area contributed by atoms with Crippen LogP contribution in [0.2, 0.25) is 0 Å². The van der Waals surface area contributed by atoms with E-state index in [9.17, 15) is 4.79 Å². The van der Waals surface area contributed by atoms with Gasteiger partial charge in [0.2, 0.25) is 0 Å². The third-order valence-corrected chi connectivity index (χ3v) is 4.94. The Morgan fingerprint density at radius 1 is 1.31 bits per heavy atom. The molecule has 2 aromatic rings. The second-order valence-electron chi connectivity index (χ2n) is 8.41. The maximum atomic E-state index is 13.0. The van der Waals surface area contributed by atoms with Crippen LogP contribution in [0.25, 0.3) is 0 Å². The highest BCUT2D eigenvalue weighted by molar-refractivity contribution is 5.72. The van der Waals surface area contributed by atoms with Gasteiger partial charge < -0.3 is 19.7 Å². The van der Waals surface area contributed by atoms with E-state index in [4.69, 9.17) is 9.47 Å². The van der Waals surface area contributed by atoms with Crippen molar-refractivity contribution in [3.05, 3.63) is 47.8 Å². The minimum absolute atomic E-state index is 0.128. The fourth-order valence-electron chi connectivity index (χ4n) is 3.70. The van der Waals surface area contributed by atoms with E-state index < -0.39 is 11.8 Å². The Labute approximate surface area is 170 Å². The van der Waals surface area contributed by atoms with E-state index in [1.807, 2.05) is 50.9 Å². The first-order valence-corrected chi connectivity index (χ1v) is 9.80. The zero-order valence-electron chi connectivity index (χ0n) is 17.3. The lowest BCUT2D eigenvalue weighted by molar-refractivity contribution is -0.0125. The average Bonchev–Trinajstić information content (AvgIpc) is 3.00. The molecule has 2 bridgehead atoms. The predicted molar refractivity (Wildman–Crippen MR) is 110 cm³/mol. The maximum absolute atomic E-state index is 13.0. The fraction of sp³-hybridized carbons (Fsp3) is 0.476. The summed E-state index contributed by atoms with van der Waals surface area (Å²) in [5.41, 5.74) is 1.34. The minimum atomic E-state index is -0.589. The molecule has 1 N–H and O–H groups in total. The molecule has 2 aliphatic heterocycles. The van der Waals surface area contributed by atoms with Crippen molar-refractivity contribution in [2.24, 2.45) is 0 Å². The van der Waals surface area contributed by atoms with Gasteiger partial charge in [-0.1, -0.05) is 30.3 Å². The Balaban J connectivity index is 1.68. The number of rotatable bonds is 3. The third-order valence-electron chi connectivity index (χ3n) is 4.94. The summed E-state index contributed by atoms with van der Waals surface area (Å²) in [5.74, 6) is 1.42. The topological polar surface area (TPSA) is 79.8 Å². The molecule has 8 nitrogen and oxygen atoms in total. The van der Waals surface area contributed by atoms with Crippen LogP contribution in [0, 0.1) is 0 Å². The highest BCUT2D eigenvalue weighted by Gasteiger charge is 2.46. The van der Waals surface area contributed by atoms with Gasteiger partial charge in [-0.15, -0.1) is 0 Å². The van der Waals surface area contributed by atoms with E-state index in [0.717, 1.165) is 16.9 Å². The first-order valence-electron chi connectivity index (χ1n) is 9.80. The minimum Gasteiger partial charge on any atom is -0.444 e. The van der Waals surface area contributed by atoms with Gasteiger partial charge in [-0.2, -0.15) is 0 Å². The second kappa shape index (κ2) is 7.51. The van der Waals surface area contributed by atoms with Crippen molar-refractivity contribution in [3.63, 3.8) is 0 Å². The van der Waals surface area contributed by atoms with Crippen molar-refractivity contribution in [2.75, 3.05) is 30.4 Å². The number of aromatic nitrogens is 2. The molecule has 1 aromatic carbocycles. The number of hydrogen-bond donors (Lipinski definition) is 1. The lowest BCUT2D eigenvalue weighted by Gasteiger charge is -2.30. The molecule has 0 aliphatic carbocycles. The summed E-state index contributed by atoms with van der Waals surface area (Å²) in [6, 6.07) is 10.0. The molecule has 2 aliphatic rings. The zero-order valence-corrected chi connectivity index (χ0v) is 17.3. The third kappa shape index (κ3) is 3.98. The van der Waals surface area contributed by atoms with Crippen LogP contribution < -0.4 is 10.2 Å². The van der Waals surface area contributed by atoms with Crippen molar-refractivity contribution < 1.29 is 14.3 Å². The van der Waals surface area contributed by atoms with Crippen molar-refractivity contribution in [3.8, 4) is 0 Å². The van der Waals surface area contributed by atoms with Gasteiger partial charge in [-0.05, 0) is 26.3 Å². The molecule has 0 radical (unpaired) electrons. The Kier molecular flexibility index (Phi) is 5.04. The molecule has 154 valence electrons. The second-order valence-corrected chi connectivity index (χ2v) is 8.41. The Morgan fingerprint density at radius 3 is 2.79 bits per heavy atom. The molecule has 1 saturated heterocycles. The number of nitrogens with one attached hydrogen (secondary N) is 1. The van der Waals surface area contributed by atoms with Crippen molar-refractivity contribution in [1.82, 2.24) is 14.9 Å². The highest BCUT2D eigenvalue weighted by atomic mass is 16.6. The average molecular weight is 397 g/mol. The largest absolute Gasteiger partial charge is 0.444 e. The molecule has 1 aromatic heterocycles. The summed E-state index contributed by atoms with van der Waals surface area (Å²) in [5, 5.41) is 3.36. The Hall–Kier alpha value is -2.87. The van der Waals surface area contributed by atoms with Crippen LogP contribution >= 0.6 is 0 Å². The van der Waals surface area contributed by atoms with E-state index in [-0.39, 0.29) is 12.1 Å². The van der Waals surface area contributed by atoms with Gasteiger partial charge in [-0.25, -0.2) is 14.8 Å². The van der Waals surface area contributed by atoms with Crippen molar-refractivity contribution in [2.45, 2.75) is 45.2 Å². The number of fused-ring (bicyclic) bond motifs is 4. The van der Waals surface area contributed by atoms with E-state index in [1.165, 1.54) is 0 Å². The molecular weight excluding hydrogens is 370 g/mol. The maximum Gasteiger partial charge on any atom is 0.413 e. The van der Waals surface area contributed by atoms with Gasteiger partial charge in [0, 0.05) is 20.1 Å². The predicted octanol–water partition coefficient (Wildman–Crippen LogP) is 3.17. The van der Waals surface area contributed by atoms with E-state index in [1.54, 1.807) is 11.2 Å². The van der Waals surface area contributed by atoms with E-state index >= 15 is 0 Å². The van der Waals surface area contributed by atoms with E-state index in [0.29, 0.717) is 25.5 Å². The molecule has 0 saturated carbocycles. The van der Waals surface area contributed by atoms with Crippen LogP contribution in [0.1, 0.15) is 38.1 Å². The smallest absolute Gasteiger partial charge is 0.413 e. The molecule has 1 amide bonds. The van der Waals surface area contributed by atoms with Crippen LogP contribution in [0.4, 0.5) is 16.4 Å². The normalized spacial score (nSPS) is 20.5. The Bertz CT molecular complexity index is 884. The number of hydrogen-bond acceptors (Lipinski definition) is 7. The standard InChI is InChI=1S/C21H27N5O3/c1-21(2,3)29-20(27)26-15-10-22-17-16(19(26)28-12-15)18(24-13-23-17)25(4)11-14-8-6-5-7-9-14/h5-9,13,15,19H,10-12H2,1-4H3,(H,22,23,24)/t15?,19-/m0/s1. The summed E-state index contributed by atoms with van der Waals surface area (Å²) in [6.07, 6.45) is 0.564. The SMILES string of the molecule is CN(Cc1ccccc1)c1ncnc2c1[C@@H]1OCC(CN2)N1C(=O)OC(C)(C)C. The van der Waals surface area contributed by atoms with Gasteiger partial charge in [0.1, 0.15) is 23.6 Å². The molecule has 0 spiro atoms. The van der Waals surface area contributed by atoms with Gasteiger partial charge in [-0.3, -0.25) is 4.90 Å². The molecule has 29 heavy (non-hydrogen) atoms. The number of amides is 1. The van der Waals surface area contributed by atoms with Crippen LogP contribution in [-0.4, -0.2) is 52.8 Å². The molecule has 1 fully saturated rings. The summed E-state index contributed by atoms with van der Waals surface area (Å²) >= 11 is 0. The number of benzene rings is 1. The van der Waals surface area contributed by atoms with Crippen LogP contribution in [0.15, 0.2) is 36.7 Å². The fourth-order valence-corrected chi connectivity index (χ4v) is 3.70. The first-order chi connectivity index (χ1) is 13.8. The summed E-state index contributed by atoms with van der Waals surface area (Å²) in [6.45, 7) is 7.24. The molecule has 4 rings (SSSR count). The highest BCUT2D eigenvalue weighted by Crippen LogP contribution is 2.41. The zero-order chi connectivity index (χ0) is 20.6. The van der Waals surface area contributed by atoms with Gasteiger partial charge in [0.15, 0.2) is 6.23 Å². The summed E-state index contributed by atoms with van der Waals surface area (Å²) < 4.78 is 11.7. The molecule has 3 heterocycles. The summed E-state index contributed by atoms with van der Waals surface area (Å²) in [7, 11) is 1.98. The molecular formula is C21H27N5O3. The number of anilines is 2. The number of nitrogens with zero attached hydrogens (tertiary/aromatic N) is 4. The van der Waals surface area contributed by atoms with Crippen LogP contribution in [0.3, 0.4) is 0 Å². The lowest BCUT2D eigenvalue weighted by Crippen LogP contribution is -2.43. The Morgan fingerprint density at radius 2 is 2.07 bits per heavy atom.